The molecule has 0 bridgehead atoms. The molecule has 1 atom stereocenters. The number of nitrogens with zero attached hydrogens (tertiary/aromatic N) is 1. The van der Waals surface area contributed by atoms with Crippen molar-refractivity contribution in [3.63, 3.8) is 0 Å². The van der Waals surface area contributed by atoms with Gasteiger partial charge in [0.25, 0.3) is 0 Å². The number of pyridine rings is 1. The van der Waals surface area contributed by atoms with Gasteiger partial charge in [-0.25, -0.2) is 0 Å². The Balaban J connectivity index is 3.12. The minimum absolute atomic E-state index is 0.0245. The smallest absolute Gasteiger partial charge is 0.137 e. The molecule has 1 aromatic rings. The van der Waals surface area contributed by atoms with E-state index in [0.717, 1.165) is 0 Å². The fourth-order valence-electron chi connectivity index (χ4n) is 1.45. The molecular formula is C11H18N2O2. The normalized spacial score (nSPS) is 15.1. The van der Waals surface area contributed by atoms with E-state index in [-0.39, 0.29) is 12.5 Å². The number of methoxy groups -OCH3 is 1. The molecule has 84 valence electrons. The largest absolute Gasteiger partial charge is 0.495 e. The van der Waals surface area contributed by atoms with E-state index in [2.05, 4.69) is 4.98 Å². The van der Waals surface area contributed by atoms with Gasteiger partial charge in [-0.15, -0.1) is 0 Å². The quantitative estimate of drug-likeness (QED) is 0.774. The van der Waals surface area contributed by atoms with Crippen LogP contribution in [0.15, 0.2) is 18.5 Å². The monoisotopic (exact) mass is 210 g/mol. The third kappa shape index (κ3) is 2.27. The van der Waals surface area contributed by atoms with Gasteiger partial charge in [0.15, 0.2) is 0 Å². The van der Waals surface area contributed by atoms with Gasteiger partial charge in [0.2, 0.25) is 0 Å². The fourth-order valence-corrected chi connectivity index (χ4v) is 1.45. The Morgan fingerprint density at radius 1 is 1.53 bits per heavy atom. The van der Waals surface area contributed by atoms with Crippen LogP contribution in [0.2, 0.25) is 0 Å². The molecule has 0 aromatic carbocycles. The average molecular weight is 210 g/mol. The van der Waals surface area contributed by atoms with Gasteiger partial charge in [-0.05, 0) is 12.0 Å². The molecule has 0 aliphatic heterocycles. The maximum absolute atomic E-state index is 10.4. The van der Waals surface area contributed by atoms with Crippen molar-refractivity contribution >= 4 is 0 Å². The van der Waals surface area contributed by atoms with Crippen molar-refractivity contribution in [1.29, 1.82) is 0 Å². The zero-order chi connectivity index (χ0) is 11.5. The molecule has 4 nitrogen and oxygen atoms in total. The van der Waals surface area contributed by atoms with Crippen LogP contribution in [0.3, 0.4) is 0 Å². The molecule has 0 saturated heterocycles. The molecule has 15 heavy (non-hydrogen) atoms. The zero-order valence-corrected chi connectivity index (χ0v) is 9.40. The van der Waals surface area contributed by atoms with E-state index in [1.807, 2.05) is 13.8 Å². The number of aliphatic hydroxyl groups is 1. The molecule has 0 aliphatic rings. The second-order valence-electron chi connectivity index (χ2n) is 3.90. The summed E-state index contributed by atoms with van der Waals surface area (Å²) in [7, 11) is 1.57. The van der Waals surface area contributed by atoms with Gasteiger partial charge in [-0.1, -0.05) is 13.8 Å². The van der Waals surface area contributed by atoms with E-state index in [1.165, 1.54) is 0 Å². The summed E-state index contributed by atoms with van der Waals surface area (Å²) in [4.78, 5) is 4.01. The number of nitrogens with two attached hydrogens (primary N) is 1. The van der Waals surface area contributed by atoms with Gasteiger partial charge >= 0.3 is 0 Å². The van der Waals surface area contributed by atoms with E-state index in [0.29, 0.717) is 11.3 Å². The third-order valence-corrected chi connectivity index (χ3v) is 2.72. The topological polar surface area (TPSA) is 68.4 Å². The first-order valence-corrected chi connectivity index (χ1v) is 4.96. The lowest BCUT2D eigenvalue weighted by Crippen LogP contribution is -2.40. The van der Waals surface area contributed by atoms with E-state index in [9.17, 15) is 5.11 Å². The van der Waals surface area contributed by atoms with Gasteiger partial charge in [0.05, 0.1) is 13.3 Å². The lowest BCUT2D eigenvalue weighted by molar-refractivity contribution is -0.00162. The maximum Gasteiger partial charge on any atom is 0.137 e. The summed E-state index contributed by atoms with van der Waals surface area (Å²) in [5.74, 6) is 0.649. The fraction of sp³-hybridized carbons (Fsp3) is 0.545. The van der Waals surface area contributed by atoms with Gasteiger partial charge in [0, 0.05) is 18.3 Å². The van der Waals surface area contributed by atoms with Crippen molar-refractivity contribution in [3.05, 3.63) is 24.0 Å². The van der Waals surface area contributed by atoms with Crippen LogP contribution in [0, 0.1) is 5.92 Å². The molecule has 0 amide bonds. The minimum Gasteiger partial charge on any atom is -0.495 e. The molecule has 0 saturated carbocycles. The Kier molecular flexibility index (Phi) is 3.66. The van der Waals surface area contributed by atoms with E-state index in [4.69, 9.17) is 10.5 Å². The summed E-state index contributed by atoms with van der Waals surface area (Å²) in [5.41, 5.74) is 5.27. The Hall–Kier alpha value is -1.13. The molecular weight excluding hydrogens is 192 g/mol. The van der Waals surface area contributed by atoms with Crippen molar-refractivity contribution in [1.82, 2.24) is 4.98 Å². The number of rotatable bonds is 4. The SMILES string of the molecule is COc1cncc(C(O)(CN)C(C)C)c1. The first-order valence-electron chi connectivity index (χ1n) is 4.96. The summed E-state index contributed by atoms with van der Waals surface area (Å²) < 4.78 is 5.06. The molecule has 1 aromatic heterocycles. The number of aromatic nitrogens is 1. The Morgan fingerprint density at radius 3 is 2.67 bits per heavy atom. The van der Waals surface area contributed by atoms with Gasteiger partial charge in [-0.2, -0.15) is 0 Å². The third-order valence-electron chi connectivity index (χ3n) is 2.72. The molecule has 4 heteroatoms. The molecule has 1 rings (SSSR count). The van der Waals surface area contributed by atoms with Crippen LogP contribution >= 0.6 is 0 Å². The van der Waals surface area contributed by atoms with Crippen LogP contribution in [0.25, 0.3) is 0 Å². The second-order valence-corrected chi connectivity index (χ2v) is 3.90. The first kappa shape index (κ1) is 11.9. The summed E-state index contributed by atoms with van der Waals surface area (Å²) >= 11 is 0. The van der Waals surface area contributed by atoms with Crippen molar-refractivity contribution in [2.24, 2.45) is 11.7 Å². The summed E-state index contributed by atoms with van der Waals surface area (Å²) in [6.45, 7) is 4.01. The highest BCUT2D eigenvalue weighted by Crippen LogP contribution is 2.29. The molecule has 3 N–H and O–H groups in total. The predicted molar refractivity (Wildman–Crippen MR) is 58.6 cm³/mol. The Bertz CT molecular complexity index is 328. The predicted octanol–water partition coefficient (Wildman–Crippen LogP) is 0.892. The van der Waals surface area contributed by atoms with Gasteiger partial charge in [-0.3, -0.25) is 4.98 Å². The Labute approximate surface area is 90.1 Å². The van der Waals surface area contributed by atoms with Crippen molar-refractivity contribution in [2.45, 2.75) is 19.4 Å². The zero-order valence-electron chi connectivity index (χ0n) is 9.40. The molecule has 1 unspecified atom stereocenters. The standard InChI is InChI=1S/C11H18N2O2/c1-8(2)11(14,7-12)9-4-10(15-3)6-13-5-9/h4-6,8,14H,7,12H2,1-3H3. The van der Waals surface area contributed by atoms with Crippen molar-refractivity contribution in [3.8, 4) is 5.75 Å². The van der Waals surface area contributed by atoms with E-state index < -0.39 is 5.60 Å². The Morgan fingerprint density at radius 2 is 2.20 bits per heavy atom. The maximum atomic E-state index is 10.4. The molecule has 0 radical (unpaired) electrons. The van der Waals surface area contributed by atoms with Crippen LogP contribution < -0.4 is 10.5 Å². The van der Waals surface area contributed by atoms with Crippen molar-refractivity contribution < 1.29 is 9.84 Å². The van der Waals surface area contributed by atoms with Gasteiger partial charge < -0.3 is 15.6 Å². The minimum atomic E-state index is -1.04. The molecule has 0 spiro atoms. The molecule has 0 fully saturated rings. The van der Waals surface area contributed by atoms with Crippen LogP contribution in [0.4, 0.5) is 0 Å². The van der Waals surface area contributed by atoms with Crippen LogP contribution in [0.5, 0.6) is 5.75 Å². The van der Waals surface area contributed by atoms with Crippen LogP contribution in [-0.4, -0.2) is 23.7 Å². The lowest BCUT2D eigenvalue weighted by Gasteiger charge is -2.31. The van der Waals surface area contributed by atoms with Crippen LogP contribution in [-0.2, 0) is 5.60 Å². The van der Waals surface area contributed by atoms with Crippen molar-refractivity contribution in [2.75, 3.05) is 13.7 Å². The lowest BCUT2D eigenvalue weighted by atomic mass is 9.84. The summed E-state index contributed by atoms with van der Waals surface area (Å²) in [6, 6.07) is 1.76. The highest BCUT2D eigenvalue weighted by molar-refractivity contribution is 5.28. The summed E-state index contributed by atoms with van der Waals surface area (Å²) in [6.07, 6.45) is 3.22. The van der Waals surface area contributed by atoms with E-state index >= 15 is 0 Å². The molecule has 0 aliphatic carbocycles. The van der Waals surface area contributed by atoms with E-state index in [1.54, 1.807) is 25.6 Å². The van der Waals surface area contributed by atoms with Gasteiger partial charge in [0.1, 0.15) is 11.4 Å². The summed E-state index contributed by atoms with van der Waals surface area (Å²) in [5, 5.41) is 10.4. The highest BCUT2D eigenvalue weighted by Gasteiger charge is 2.32. The molecule has 1 heterocycles. The van der Waals surface area contributed by atoms with Crippen LogP contribution in [0.1, 0.15) is 19.4 Å². The average Bonchev–Trinajstić information content (AvgIpc) is 2.27. The number of hydrogen-bond acceptors (Lipinski definition) is 4. The highest BCUT2D eigenvalue weighted by atomic mass is 16.5. The second kappa shape index (κ2) is 4.59. The number of ether oxygens (including phenoxy) is 1. The number of hydrogen-bond donors (Lipinski definition) is 2. The first-order chi connectivity index (χ1) is 7.04.